The van der Waals surface area contributed by atoms with Gasteiger partial charge in [0, 0.05) is 13.8 Å². The molecule has 4 fully saturated rings. The van der Waals surface area contributed by atoms with Crippen molar-refractivity contribution in [3.05, 3.63) is 0 Å². The molecule has 1 amide bonds. The molecule has 4 rings (SSSR count). The van der Waals surface area contributed by atoms with E-state index in [1.807, 2.05) is 0 Å². The van der Waals surface area contributed by atoms with E-state index in [0.29, 0.717) is 0 Å². The van der Waals surface area contributed by atoms with Gasteiger partial charge in [-0.3, -0.25) is 9.59 Å². The van der Waals surface area contributed by atoms with E-state index in [-0.39, 0.29) is 0 Å². The Hall–Kier alpha value is -2.23. The van der Waals surface area contributed by atoms with Crippen molar-refractivity contribution in [3.8, 4) is 0 Å². The lowest BCUT2D eigenvalue weighted by molar-refractivity contribution is -0.386. The standard InChI is InChI=1S/C28H45NO21/c1-6-12(33)15(36)22(49-27-18(39)20(45-9(4)32)13(34)7(2)43-27)28(44-6)48-21-16(37)17(38)26(50-23(21)24(40)41)47-19-11(29-8(3)31)25(42)46-10(5-30)14(19)35/h6-7,10-23,25-28,30,33-39,42H,5H2,1-4H3,(H,29,31)(H,40,41)/t6-,7-,10?,11?,12?,13?,14?,15?,16?,17?,18?,19?,20?,21?,22?,23?,25?,26?,27?,28?/m0/s1. The Bertz CT molecular complexity index is 1180. The van der Waals surface area contributed by atoms with Gasteiger partial charge in [0.25, 0.3) is 0 Å². The van der Waals surface area contributed by atoms with Crippen molar-refractivity contribution in [2.45, 2.75) is 150 Å². The number of esters is 1. The van der Waals surface area contributed by atoms with Crippen LogP contribution < -0.4 is 5.32 Å². The highest BCUT2D eigenvalue weighted by atomic mass is 16.8. The van der Waals surface area contributed by atoms with Crippen LogP contribution >= 0.6 is 0 Å². The third-order valence-electron chi connectivity index (χ3n) is 8.77. The van der Waals surface area contributed by atoms with Gasteiger partial charge in [0.2, 0.25) is 5.91 Å². The fourth-order valence-corrected chi connectivity index (χ4v) is 6.10. The molecule has 4 aliphatic rings. The molecule has 22 nitrogen and oxygen atoms in total. The van der Waals surface area contributed by atoms with E-state index in [9.17, 15) is 65.4 Å². The molecule has 288 valence electrons. The number of aliphatic hydroxyl groups excluding tert-OH is 9. The van der Waals surface area contributed by atoms with E-state index in [1.165, 1.54) is 13.8 Å². The number of amides is 1. The van der Waals surface area contributed by atoms with Gasteiger partial charge in [0.1, 0.15) is 73.2 Å². The molecule has 0 spiro atoms. The first-order valence-corrected chi connectivity index (χ1v) is 15.7. The number of carbonyl (C=O) groups is 3. The van der Waals surface area contributed by atoms with Crippen molar-refractivity contribution in [2.75, 3.05) is 6.61 Å². The molecule has 0 bridgehead atoms. The molecular formula is C28H45NO21. The number of aliphatic hydroxyl groups is 9. The number of nitrogens with one attached hydrogen (secondary N) is 1. The minimum Gasteiger partial charge on any atom is -0.479 e. The summed E-state index contributed by atoms with van der Waals surface area (Å²) in [5.41, 5.74) is 0. The van der Waals surface area contributed by atoms with Gasteiger partial charge in [-0.1, -0.05) is 0 Å². The van der Waals surface area contributed by atoms with E-state index in [1.54, 1.807) is 0 Å². The zero-order chi connectivity index (χ0) is 37.4. The van der Waals surface area contributed by atoms with Crippen molar-refractivity contribution < 1.29 is 103 Å². The number of carboxylic acid groups (broad SMARTS) is 1. The van der Waals surface area contributed by atoms with Gasteiger partial charge in [-0.2, -0.15) is 0 Å². The molecule has 22 heteroatoms. The first kappa shape index (κ1) is 40.5. The zero-order valence-electron chi connectivity index (χ0n) is 27.2. The molecule has 0 aromatic rings. The molecule has 4 aliphatic heterocycles. The van der Waals surface area contributed by atoms with Crippen molar-refractivity contribution >= 4 is 17.8 Å². The Morgan fingerprint density at radius 2 is 1.16 bits per heavy atom. The lowest BCUT2D eigenvalue weighted by atomic mass is 9.95. The second kappa shape index (κ2) is 16.6. The maximum Gasteiger partial charge on any atom is 0.335 e. The van der Waals surface area contributed by atoms with Crippen LogP contribution in [0, 0.1) is 0 Å². The number of rotatable bonds is 10. The van der Waals surface area contributed by atoms with Gasteiger partial charge in [-0.05, 0) is 13.8 Å². The normalized spacial score (nSPS) is 48.4. The Morgan fingerprint density at radius 1 is 0.620 bits per heavy atom. The second-order valence-electron chi connectivity index (χ2n) is 12.5. The average molecular weight is 732 g/mol. The molecule has 50 heavy (non-hydrogen) atoms. The minimum absolute atomic E-state index is 0.715. The summed E-state index contributed by atoms with van der Waals surface area (Å²) in [5, 5.41) is 108. The van der Waals surface area contributed by atoms with Crippen LogP contribution in [0.1, 0.15) is 27.7 Å². The van der Waals surface area contributed by atoms with Gasteiger partial charge in [0.05, 0.1) is 18.8 Å². The monoisotopic (exact) mass is 731 g/mol. The van der Waals surface area contributed by atoms with Gasteiger partial charge in [-0.15, -0.1) is 0 Å². The number of carboxylic acids is 1. The molecule has 4 saturated heterocycles. The summed E-state index contributed by atoms with van der Waals surface area (Å²) in [6.07, 6.45) is -33.7. The molecule has 0 aromatic carbocycles. The summed E-state index contributed by atoms with van der Waals surface area (Å²) in [7, 11) is 0. The molecule has 0 aromatic heterocycles. The molecule has 20 atom stereocenters. The number of aliphatic carboxylic acids is 1. The Kier molecular flexibility index (Phi) is 13.5. The number of carbonyl (C=O) groups excluding carboxylic acids is 2. The maximum absolute atomic E-state index is 12.4. The highest BCUT2D eigenvalue weighted by molar-refractivity contribution is 5.74. The lowest BCUT2D eigenvalue weighted by Gasteiger charge is -2.49. The fraction of sp³-hybridized carbons (Fsp3) is 0.893. The average Bonchev–Trinajstić information content (AvgIpc) is 3.04. The predicted octanol–water partition coefficient (Wildman–Crippen LogP) is -6.89. The highest BCUT2D eigenvalue weighted by Crippen LogP contribution is 2.35. The van der Waals surface area contributed by atoms with Crippen LogP contribution in [0.5, 0.6) is 0 Å². The Morgan fingerprint density at radius 3 is 1.74 bits per heavy atom. The smallest absolute Gasteiger partial charge is 0.335 e. The van der Waals surface area contributed by atoms with E-state index >= 15 is 0 Å². The van der Waals surface area contributed by atoms with Crippen LogP contribution in [0.2, 0.25) is 0 Å². The van der Waals surface area contributed by atoms with Crippen LogP contribution in [0.3, 0.4) is 0 Å². The topological polar surface area (TPSA) is 339 Å². The summed E-state index contributed by atoms with van der Waals surface area (Å²) in [6.45, 7) is 3.93. The van der Waals surface area contributed by atoms with Crippen LogP contribution in [0.4, 0.5) is 0 Å². The molecule has 0 radical (unpaired) electrons. The quantitative estimate of drug-likeness (QED) is 0.0930. The summed E-state index contributed by atoms with van der Waals surface area (Å²) in [6, 6.07) is -1.53. The summed E-state index contributed by atoms with van der Waals surface area (Å²) in [5.74, 6) is -3.36. The lowest BCUT2D eigenvalue weighted by Crippen LogP contribution is -2.69. The van der Waals surface area contributed by atoms with Gasteiger partial charge < -0.3 is 94.3 Å². The third-order valence-corrected chi connectivity index (χ3v) is 8.77. The molecule has 18 unspecified atom stereocenters. The molecule has 0 saturated carbocycles. The van der Waals surface area contributed by atoms with Crippen LogP contribution in [0.15, 0.2) is 0 Å². The number of hydrogen-bond acceptors (Lipinski definition) is 20. The minimum atomic E-state index is -2.20. The second-order valence-corrected chi connectivity index (χ2v) is 12.5. The van der Waals surface area contributed by atoms with Crippen molar-refractivity contribution in [3.63, 3.8) is 0 Å². The SMILES string of the molecule is CC(=O)NC1C(O)OC(CO)C(O)C1OC1OC(C(=O)O)C(OC2O[C@@H](C)C(O)C(O)C2OC2O[C@@H](C)C(O)C(OC(C)=O)C2O)C(O)C1O. The Labute approximate surface area is 283 Å². The van der Waals surface area contributed by atoms with E-state index < -0.39 is 147 Å². The summed E-state index contributed by atoms with van der Waals surface area (Å²) < 4.78 is 43.7. The number of hydrogen-bond donors (Lipinski definition) is 11. The summed E-state index contributed by atoms with van der Waals surface area (Å²) in [4.78, 5) is 35.8. The van der Waals surface area contributed by atoms with Crippen LogP contribution in [0.25, 0.3) is 0 Å². The molecule has 0 aliphatic carbocycles. The van der Waals surface area contributed by atoms with Crippen molar-refractivity contribution in [1.29, 1.82) is 0 Å². The third kappa shape index (κ3) is 8.52. The molecular weight excluding hydrogens is 686 g/mol. The van der Waals surface area contributed by atoms with Gasteiger partial charge in [-0.25, -0.2) is 4.79 Å². The van der Waals surface area contributed by atoms with Crippen LogP contribution in [-0.4, -0.2) is 198 Å². The van der Waals surface area contributed by atoms with Crippen molar-refractivity contribution in [1.82, 2.24) is 5.32 Å². The van der Waals surface area contributed by atoms with Crippen molar-refractivity contribution in [2.24, 2.45) is 0 Å². The maximum atomic E-state index is 12.4. The van der Waals surface area contributed by atoms with E-state index in [2.05, 4.69) is 5.32 Å². The number of ether oxygens (including phenoxy) is 8. The first-order valence-electron chi connectivity index (χ1n) is 15.7. The predicted molar refractivity (Wildman–Crippen MR) is 153 cm³/mol. The van der Waals surface area contributed by atoms with E-state index in [0.717, 1.165) is 13.8 Å². The highest BCUT2D eigenvalue weighted by Gasteiger charge is 2.56. The summed E-state index contributed by atoms with van der Waals surface area (Å²) >= 11 is 0. The Balaban J connectivity index is 1.57. The largest absolute Gasteiger partial charge is 0.479 e. The van der Waals surface area contributed by atoms with E-state index in [4.69, 9.17) is 37.9 Å². The van der Waals surface area contributed by atoms with Gasteiger partial charge >= 0.3 is 11.9 Å². The zero-order valence-corrected chi connectivity index (χ0v) is 27.2. The fourth-order valence-electron chi connectivity index (χ4n) is 6.10. The molecule has 4 heterocycles. The van der Waals surface area contributed by atoms with Gasteiger partial charge in [0.15, 0.2) is 37.4 Å². The first-order chi connectivity index (χ1) is 23.4. The molecule has 11 N–H and O–H groups in total. The van der Waals surface area contributed by atoms with Crippen LogP contribution in [-0.2, 0) is 52.3 Å².